The fourth-order valence-corrected chi connectivity index (χ4v) is 7.24. The average molecular weight is 609 g/mol. The molecule has 5 heterocycles. The first-order valence-corrected chi connectivity index (χ1v) is 15.9. The summed E-state index contributed by atoms with van der Waals surface area (Å²) in [6.45, 7) is 3.22. The van der Waals surface area contributed by atoms with Gasteiger partial charge in [-0.3, -0.25) is 18.9 Å². The second-order valence-electron chi connectivity index (χ2n) is 10.5. The van der Waals surface area contributed by atoms with E-state index in [9.17, 15) is 9.59 Å². The lowest BCUT2D eigenvalue weighted by molar-refractivity contribution is 0.0689. The van der Waals surface area contributed by atoms with Crippen LogP contribution in [0.4, 0.5) is 0 Å². The van der Waals surface area contributed by atoms with Crippen molar-refractivity contribution in [2.75, 3.05) is 13.1 Å². The lowest BCUT2D eigenvalue weighted by Gasteiger charge is -2.32. The van der Waals surface area contributed by atoms with Crippen LogP contribution in [0.2, 0.25) is 0 Å². The molecule has 1 fully saturated rings. The zero-order valence-electron chi connectivity index (χ0n) is 23.4. The van der Waals surface area contributed by atoms with Crippen LogP contribution >= 0.6 is 23.1 Å². The number of piperidine rings is 1. The van der Waals surface area contributed by atoms with Gasteiger partial charge < -0.3 is 9.88 Å². The number of amides is 1. The molecule has 1 N–H and O–H groups in total. The number of aromatic nitrogens is 7. The zero-order valence-corrected chi connectivity index (χ0v) is 25.0. The monoisotopic (exact) mass is 608 g/mol. The van der Waals surface area contributed by atoms with Crippen LogP contribution < -0.4 is 5.69 Å². The summed E-state index contributed by atoms with van der Waals surface area (Å²) in [5.41, 5.74) is 5.18. The van der Waals surface area contributed by atoms with Gasteiger partial charge in [-0.2, -0.15) is 0 Å². The number of carbonyl (C=O) groups excluding carboxylic acids is 1. The minimum absolute atomic E-state index is 0.0537. The summed E-state index contributed by atoms with van der Waals surface area (Å²) in [5.74, 6) is 1.23. The summed E-state index contributed by atoms with van der Waals surface area (Å²) in [7, 11) is 0. The third-order valence-corrected chi connectivity index (χ3v) is 9.67. The van der Waals surface area contributed by atoms with Crippen molar-refractivity contribution >= 4 is 40.0 Å². The Kier molecular flexibility index (Phi) is 7.37. The number of hydrogen-bond donors (Lipinski definition) is 1. The highest BCUT2D eigenvalue weighted by Gasteiger charge is 2.28. The Morgan fingerprint density at radius 3 is 2.58 bits per heavy atom. The molecule has 10 nitrogen and oxygen atoms in total. The van der Waals surface area contributed by atoms with Crippen molar-refractivity contribution in [3.05, 3.63) is 105 Å². The van der Waals surface area contributed by atoms with Gasteiger partial charge in [0.1, 0.15) is 10.7 Å². The summed E-state index contributed by atoms with van der Waals surface area (Å²) in [6, 6.07) is 19.9. The third kappa shape index (κ3) is 5.39. The van der Waals surface area contributed by atoms with E-state index in [-0.39, 0.29) is 17.6 Å². The number of aryl methyl sites for hydroxylation is 1. The first-order valence-electron chi connectivity index (χ1n) is 14.0. The van der Waals surface area contributed by atoms with Crippen LogP contribution in [0, 0.1) is 6.92 Å². The van der Waals surface area contributed by atoms with Crippen molar-refractivity contribution in [2.45, 2.75) is 36.7 Å². The van der Waals surface area contributed by atoms with Gasteiger partial charge in [-0.15, -0.1) is 21.5 Å². The van der Waals surface area contributed by atoms with Crippen LogP contribution in [0.25, 0.3) is 28.1 Å². The molecule has 1 saturated heterocycles. The van der Waals surface area contributed by atoms with E-state index in [4.69, 9.17) is 0 Å². The van der Waals surface area contributed by atoms with E-state index in [1.54, 1.807) is 12.4 Å². The van der Waals surface area contributed by atoms with E-state index >= 15 is 0 Å². The maximum atomic E-state index is 13.3. The number of pyridine rings is 1. The molecule has 0 bridgehead atoms. The molecule has 12 heteroatoms. The van der Waals surface area contributed by atoms with Gasteiger partial charge in [0, 0.05) is 48.2 Å². The number of H-pyrrole nitrogens is 1. The normalized spacial score (nSPS) is 14.0. The first kappa shape index (κ1) is 27.3. The van der Waals surface area contributed by atoms with E-state index < -0.39 is 0 Å². The summed E-state index contributed by atoms with van der Waals surface area (Å²) in [6.07, 6.45) is 4.92. The lowest BCUT2D eigenvalue weighted by Crippen LogP contribution is -2.40. The Morgan fingerprint density at radius 2 is 1.79 bits per heavy atom. The van der Waals surface area contributed by atoms with E-state index in [1.807, 2.05) is 55.8 Å². The van der Waals surface area contributed by atoms with Crippen molar-refractivity contribution in [2.24, 2.45) is 0 Å². The molecule has 1 aliphatic heterocycles. The maximum Gasteiger partial charge on any atom is 0.326 e. The highest BCUT2D eigenvalue weighted by Crippen LogP contribution is 2.31. The number of carbonyl (C=O) groups is 1. The first-order chi connectivity index (χ1) is 21.0. The maximum absolute atomic E-state index is 13.3. The number of nitrogens with one attached hydrogen (secondary N) is 1. The van der Waals surface area contributed by atoms with Gasteiger partial charge in [0.15, 0.2) is 11.0 Å². The van der Waals surface area contributed by atoms with Gasteiger partial charge in [-0.1, -0.05) is 41.6 Å². The Morgan fingerprint density at radius 1 is 1.02 bits per heavy atom. The van der Waals surface area contributed by atoms with Crippen LogP contribution in [0.15, 0.2) is 88.4 Å². The van der Waals surface area contributed by atoms with E-state index in [0.29, 0.717) is 24.5 Å². The van der Waals surface area contributed by atoms with Gasteiger partial charge >= 0.3 is 5.69 Å². The molecule has 4 aromatic heterocycles. The Labute approximate surface area is 255 Å². The largest absolute Gasteiger partial charge is 0.337 e. The Balaban J connectivity index is 1.04. The van der Waals surface area contributed by atoms with Crippen LogP contribution in [-0.4, -0.2) is 58.2 Å². The fraction of sp³-hybridized carbons (Fsp3) is 0.226. The number of rotatable bonds is 7. The Bertz CT molecular complexity index is 1950. The zero-order chi connectivity index (χ0) is 29.3. The van der Waals surface area contributed by atoms with Crippen molar-refractivity contribution in [3.63, 3.8) is 0 Å². The predicted molar refractivity (Wildman–Crippen MR) is 168 cm³/mol. The fourth-order valence-electron chi connectivity index (χ4n) is 5.51. The Hall–Kier alpha value is -4.55. The third-order valence-electron chi connectivity index (χ3n) is 7.70. The van der Waals surface area contributed by atoms with Gasteiger partial charge in [0.25, 0.3) is 5.91 Å². The highest BCUT2D eigenvalue weighted by molar-refractivity contribution is 7.98. The highest BCUT2D eigenvalue weighted by atomic mass is 32.2. The number of benzene rings is 2. The number of nitrogens with zero attached hydrogens (tertiary/aromatic N) is 7. The molecule has 0 unspecified atom stereocenters. The number of likely N-dealkylation sites (tertiary alicyclic amines) is 1. The summed E-state index contributed by atoms with van der Waals surface area (Å²) in [5, 5.41) is 12.4. The SMILES string of the molecule is Cc1ccc(-n2c(SCc3nc(C(=O)N4CCC(n5c(=O)[nH]c6ccccc65)CC4)cs3)nnc2-c2ccncc2)cc1. The number of hydrogen-bond acceptors (Lipinski definition) is 8. The van der Waals surface area contributed by atoms with Crippen LogP contribution in [0.1, 0.15) is 39.9 Å². The standard InChI is InChI=1S/C31H28N8O2S2/c1-20-6-8-22(9-7-20)39-28(21-10-14-32-15-11-21)35-36-31(39)43-19-27-33-25(18-42-27)29(40)37-16-12-23(13-17-37)38-26-5-3-2-4-24(26)34-30(38)41/h2-11,14-15,18,23H,12-13,16-17,19H2,1H3,(H,34,41). The minimum Gasteiger partial charge on any atom is -0.337 e. The molecule has 2 aromatic carbocycles. The molecule has 0 spiro atoms. The van der Waals surface area contributed by atoms with Crippen LogP contribution in [-0.2, 0) is 5.75 Å². The molecule has 1 aliphatic rings. The van der Waals surface area contributed by atoms with Crippen molar-refractivity contribution in [1.29, 1.82) is 0 Å². The molecule has 0 atom stereocenters. The van der Waals surface area contributed by atoms with Gasteiger partial charge in [0.2, 0.25) is 0 Å². The van der Waals surface area contributed by atoms with E-state index in [1.165, 1.54) is 28.7 Å². The number of aromatic amines is 1. The van der Waals surface area contributed by atoms with E-state index in [2.05, 4.69) is 56.3 Å². The molecular weight excluding hydrogens is 581 g/mol. The molecule has 0 radical (unpaired) electrons. The molecule has 6 aromatic rings. The number of imidazole rings is 1. The number of para-hydroxylation sites is 2. The molecule has 7 rings (SSSR count). The molecule has 0 saturated carbocycles. The van der Waals surface area contributed by atoms with Crippen LogP contribution in [0.5, 0.6) is 0 Å². The van der Waals surface area contributed by atoms with Crippen molar-refractivity contribution in [3.8, 4) is 17.1 Å². The van der Waals surface area contributed by atoms with Gasteiger partial charge in [-0.05, 0) is 56.2 Å². The molecule has 43 heavy (non-hydrogen) atoms. The second kappa shape index (κ2) is 11.6. The number of thioether (sulfide) groups is 1. The molecule has 1 amide bonds. The second-order valence-corrected chi connectivity index (χ2v) is 12.4. The van der Waals surface area contributed by atoms with E-state index in [0.717, 1.165) is 51.1 Å². The molecule has 216 valence electrons. The minimum atomic E-state index is -0.0984. The number of thiazole rings is 1. The van der Waals surface area contributed by atoms with Gasteiger partial charge in [-0.25, -0.2) is 9.78 Å². The summed E-state index contributed by atoms with van der Waals surface area (Å²) < 4.78 is 3.88. The summed E-state index contributed by atoms with van der Waals surface area (Å²) in [4.78, 5) is 39.6. The van der Waals surface area contributed by atoms with Gasteiger partial charge in [0.05, 0.1) is 16.8 Å². The topological polar surface area (TPSA) is 115 Å². The number of fused-ring (bicyclic) bond motifs is 1. The average Bonchev–Trinajstić information content (AvgIpc) is 3.77. The lowest BCUT2D eigenvalue weighted by atomic mass is 10.0. The summed E-state index contributed by atoms with van der Waals surface area (Å²) >= 11 is 3.01. The smallest absolute Gasteiger partial charge is 0.326 e. The molecular formula is C31H28N8O2S2. The van der Waals surface area contributed by atoms with Crippen molar-refractivity contribution < 1.29 is 4.79 Å². The van der Waals surface area contributed by atoms with Crippen molar-refractivity contribution in [1.82, 2.24) is 39.2 Å². The molecule has 0 aliphatic carbocycles. The quantitative estimate of drug-likeness (QED) is 0.238. The van der Waals surface area contributed by atoms with Crippen LogP contribution in [0.3, 0.4) is 0 Å². The predicted octanol–water partition coefficient (Wildman–Crippen LogP) is 5.51.